The molecule has 2 N–H and O–H groups in total. The van der Waals surface area contributed by atoms with Crippen molar-refractivity contribution in [2.24, 2.45) is 10.9 Å². The van der Waals surface area contributed by atoms with Crippen LogP contribution in [0.25, 0.3) is 0 Å². The van der Waals surface area contributed by atoms with Crippen LogP contribution in [-0.2, 0) is 0 Å². The van der Waals surface area contributed by atoms with Crippen molar-refractivity contribution in [1.29, 1.82) is 0 Å². The van der Waals surface area contributed by atoms with Gasteiger partial charge in [-0.1, -0.05) is 6.07 Å². The van der Waals surface area contributed by atoms with Crippen molar-refractivity contribution in [1.82, 2.24) is 20.4 Å². The predicted octanol–water partition coefficient (Wildman–Crippen LogP) is 2.48. The van der Waals surface area contributed by atoms with Crippen LogP contribution in [0.3, 0.4) is 0 Å². The van der Waals surface area contributed by atoms with Gasteiger partial charge in [0, 0.05) is 45.8 Å². The van der Waals surface area contributed by atoms with Crippen molar-refractivity contribution >= 4 is 5.96 Å². The lowest BCUT2D eigenvalue weighted by molar-refractivity contribution is 0.120. The fraction of sp³-hybridized carbons (Fsp3) is 0.682. The molecule has 3 rings (SSSR count). The fourth-order valence-electron chi connectivity index (χ4n) is 3.51. The number of nitrogens with one attached hydrogen (secondary N) is 2. The molecule has 6 nitrogen and oxygen atoms in total. The first-order valence-corrected chi connectivity index (χ1v) is 10.8. The Morgan fingerprint density at radius 2 is 1.97 bits per heavy atom. The Hall–Kier alpha value is -1.86. The molecule has 162 valence electrons. The van der Waals surface area contributed by atoms with Crippen LogP contribution in [0.5, 0.6) is 5.75 Å². The molecular weight excluding hydrogens is 369 g/mol. The number of halogens is 1. The number of ether oxygens (including phenoxy) is 1. The SMILES string of the molecule is CN=C(NCC(C)N1CCN(C)CC1)NC(C)c1ccc(OCC2CC2)c(F)c1. The summed E-state index contributed by atoms with van der Waals surface area (Å²) in [6.45, 7) is 10.1. The zero-order chi connectivity index (χ0) is 20.8. The zero-order valence-electron chi connectivity index (χ0n) is 18.2. The van der Waals surface area contributed by atoms with Gasteiger partial charge in [-0.05, 0) is 57.4 Å². The second-order valence-electron chi connectivity index (χ2n) is 8.45. The molecule has 1 aromatic rings. The van der Waals surface area contributed by atoms with E-state index in [2.05, 4.69) is 39.4 Å². The zero-order valence-corrected chi connectivity index (χ0v) is 18.2. The normalized spacial score (nSPS) is 20.9. The van der Waals surface area contributed by atoms with Crippen LogP contribution < -0.4 is 15.4 Å². The Kier molecular flexibility index (Phi) is 7.72. The van der Waals surface area contributed by atoms with Gasteiger partial charge in [-0.2, -0.15) is 0 Å². The number of guanidine groups is 1. The van der Waals surface area contributed by atoms with Crippen LogP contribution in [0, 0.1) is 11.7 Å². The number of rotatable bonds is 8. The molecule has 1 aliphatic heterocycles. The number of hydrogen-bond acceptors (Lipinski definition) is 4. The van der Waals surface area contributed by atoms with Crippen LogP contribution in [-0.4, -0.2) is 75.2 Å². The maximum atomic E-state index is 14.4. The van der Waals surface area contributed by atoms with Crippen molar-refractivity contribution in [2.45, 2.75) is 38.8 Å². The molecule has 0 bridgehead atoms. The molecule has 2 fully saturated rings. The first-order chi connectivity index (χ1) is 14.0. The van der Waals surface area contributed by atoms with Gasteiger partial charge in [0.25, 0.3) is 0 Å². The summed E-state index contributed by atoms with van der Waals surface area (Å²) in [6, 6.07) is 5.57. The molecule has 0 radical (unpaired) electrons. The van der Waals surface area contributed by atoms with E-state index in [4.69, 9.17) is 4.74 Å². The van der Waals surface area contributed by atoms with Crippen molar-refractivity contribution in [3.63, 3.8) is 0 Å². The molecule has 1 aliphatic carbocycles. The maximum Gasteiger partial charge on any atom is 0.191 e. The summed E-state index contributed by atoms with van der Waals surface area (Å²) in [5.41, 5.74) is 0.872. The van der Waals surface area contributed by atoms with E-state index in [1.807, 2.05) is 13.0 Å². The van der Waals surface area contributed by atoms with Gasteiger partial charge in [0.1, 0.15) is 0 Å². The van der Waals surface area contributed by atoms with Crippen molar-refractivity contribution in [3.8, 4) is 5.75 Å². The third kappa shape index (κ3) is 6.57. The predicted molar refractivity (Wildman–Crippen MR) is 116 cm³/mol. The average Bonchev–Trinajstić information content (AvgIpc) is 3.54. The van der Waals surface area contributed by atoms with E-state index in [0.717, 1.165) is 44.2 Å². The minimum atomic E-state index is -0.302. The van der Waals surface area contributed by atoms with Crippen LogP contribution in [0.15, 0.2) is 23.2 Å². The third-order valence-corrected chi connectivity index (χ3v) is 5.93. The van der Waals surface area contributed by atoms with Crippen molar-refractivity contribution in [2.75, 3.05) is 53.4 Å². The van der Waals surface area contributed by atoms with Gasteiger partial charge in [0.05, 0.1) is 12.6 Å². The third-order valence-electron chi connectivity index (χ3n) is 5.93. The molecule has 29 heavy (non-hydrogen) atoms. The lowest BCUT2D eigenvalue weighted by Crippen LogP contribution is -2.52. The van der Waals surface area contributed by atoms with E-state index in [0.29, 0.717) is 24.3 Å². The quantitative estimate of drug-likeness (QED) is 0.514. The van der Waals surface area contributed by atoms with E-state index < -0.39 is 0 Å². The molecule has 0 aromatic heterocycles. The molecule has 1 saturated carbocycles. The van der Waals surface area contributed by atoms with Gasteiger partial charge in [0.15, 0.2) is 17.5 Å². The molecule has 2 unspecified atom stereocenters. The molecule has 2 atom stereocenters. The second kappa shape index (κ2) is 10.3. The van der Waals surface area contributed by atoms with Gasteiger partial charge in [-0.3, -0.25) is 9.89 Å². The second-order valence-corrected chi connectivity index (χ2v) is 8.45. The Balaban J connectivity index is 1.47. The maximum absolute atomic E-state index is 14.4. The van der Waals surface area contributed by atoms with Gasteiger partial charge < -0.3 is 20.3 Å². The molecule has 2 aliphatic rings. The fourth-order valence-corrected chi connectivity index (χ4v) is 3.51. The monoisotopic (exact) mass is 405 g/mol. The van der Waals surface area contributed by atoms with E-state index >= 15 is 0 Å². The Labute approximate surface area is 174 Å². The highest BCUT2D eigenvalue weighted by Gasteiger charge is 2.23. The number of likely N-dealkylation sites (N-methyl/N-ethyl adjacent to an activating group) is 1. The van der Waals surface area contributed by atoms with Gasteiger partial charge >= 0.3 is 0 Å². The summed E-state index contributed by atoms with van der Waals surface area (Å²) >= 11 is 0. The first kappa shape index (κ1) is 21.8. The summed E-state index contributed by atoms with van der Waals surface area (Å²) in [5.74, 6) is 1.38. The van der Waals surface area contributed by atoms with Crippen LogP contribution in [0.2, 0.25) is 0 Å². The standard InChI is InChI=1S/C22H36FN5O/c1-16(28-11-9-27(4)10-12-28)14-25-22(24-3)26-17(2)19-7-8-21(20(23)13-19)29-15-18-5-6-18/h7-8,13,16-18H,5-6,9-12,14-15H2,1-4H3,(H2,24,25,26). The smallest absolute Gasteiger partial charge is 0.191 e. The highest BCUT2D eigenvalue weighted by molar-refractivity contribution is 5.80. The Morgan fingerprint density at radius 1 is 1.24 bits per heavy atom. The Bertz CT molecular complexity index is 686. The molecule has 7 heteroatoms. The van der Waals surface area contributed by atoms with Gasteiger partial charge in [-0.25, -0.2) is 4.39 Å². The van der Waals surface area contributed by atoms with E-state index in [9.17, 15) is 4.39 Å². The molecule has 1 saturated heterocycles. The summed E-state index contributed by atoms with van der Waals surface area (Å²) in [4.78, 5) is 9.19. The molecule has 1 aromatic carbocycles. The molecule has 0 amide bonds. The van der Waals surface area contributed by atoms with E-state index in [1.165, 1.54) is 12.8 Å². The lowest BCUT2D eigenvalue weighted by atomic mass is 10.1. The molecule has 1 heterocycles. The summed E-state index contributed by atoms with van der Waals surface area (Å²) in [5, 5.41) is 6.77. The van der Waals surface area contributed by atoms with Crippen LogP contribution in [0.4, 0.5) is 4.39 Å². The molecular formula is C22H36FN5O. The first-order valence-electron chi connectivity index (χ1n) is 10.8. The van der Waals surface area contributed by atoms with Crippen molar-refractivity contribution in [3.05, 3.63) is 29.6 Å². The lowest BCUT2D eigenvalue weighted by Gasteiger charge is -2.36. The van der Waals surface area contributed by atoms with Gasteiger partial charge in [-0.15, -0.1) is 0 Å². The number of hydrogen-bond donors (Lipinski definition) is 2. The summed E-state index contributed by atoms with van der Waals surface area (Å²) in [6.07, 6.45) is 2.39. The summed E-state index contributed by atoms with van der Waals surface area (Å²) < 4.78 is 20.0. The largest absolute Gasteiger partial charge is 0.490 e. The van der Waals surface area contributed by atoms with E-state index in [-0.39, 0.29) is 11.9 Å². The Morgan fingerprint density at radius 3 is 2.59 bits per heavy atom. The number of piperazine rings is 1. The highest BCUT2D eigenvalue weighted by Crippen LogP contribution is 2.30. The van der Waals surface area contributed by atoms with E-state index in [1.54, 1.807) is 19.2 Å². The number of aliphatic imine (C=N–C) groups is 1. The topological polar surface area (TPSA) is 52.1 Å². The average molecular weight is 406 g/mol. The summed E-state index contributed by atoms with van der Waals surface area (Å²) in [7, 11) is 3.93. The number of nitrogens with zero attached hydrogens (tertiary/aromatic N) is 3. The van der Waals surface area contributed by atoms with Gasteiger partial charge in [0.2, 0.25) is 0 Å². The van der Waals surface area contributed by atoms with Crippen LogP contribution >= 0.6 is 0 Å². The number of benzene rings is 1. The highest BCUT2D eigenvalue weighted by atomic mass is 19.1. The van der Waals surface area contributed by atoms with Crippen LogP contribution in [0.1, 0.15) is 38.3 Å². The minimum Gasteiger partial charge on any atom is -0.490 e. The van der Waals surface area contributed by atoms with Crippen molar-refractivity contribution < 1.29 is 9.13 Å². The minimum absolute atomic E-state index is 0.0628. The molecule has 0 spiro atoms.